The van der Waals surface area contributed by atoms with Crippen molar-refractivity contribution in [3.63, 3.8) is 0 Å². The number of aryl methyl sites for hydroxylation is 2. The van der Waals surface area contributed by atoms with Crippen LogP contribution in [-0.4, -0.2) is 53.6 Å². The van der Waals surface area contributed by atoms with Gasteiger partial charge in [0.1, 0.15) is 5.76 Å². The van der Waals surface area contributed by atoms with Gasteiger partial charge in [-0.05, 0) is 46.1 Å². The van der Waals surface area contributed by atoms with Gasteiger partial charge in [0.05, 0.1) is 5.69 Å². The molecule has 2 heterocycles. The molecule has 0 radical (unpaired) electrons. The number of aromatic nitrogens is 1. The van der Waals surface area contributed by atoms with E-state index < -0.39 is 0 Å². The molecule has 0 spiro atoms. The Morgan fingerprint density at radius 1 is 1.30 bits per heavy atom. The summed E-state index contributed by atoms with van der Waals surface area (Å²) >= 11 is 0. The Kier molecular flexibility index (Phi) is 5.05. The van der Waals surface area contributed by atoms with E-state index in [0.29, 0.717) is 17.9 Å². The first-order valence-corrected chi connectivity index (χ1v) is 8.94. The molecular formula is C18H29N3O2. The molecule has 1 saturated heterocycles. The van der Waals surface area contributed by atoms with Gasteiger partial charge in [-0.3, -0.25) is 4.79 Å². The van der Waals surface area contributed by atoms with Gasteiger partial charge in [-0.1, -0.05) is 18.0 Å². The minimum atomic E-state index is 0.376. The number of carbonyl (C=O) groups excluding carboxylic acids is 1. The van der Waals surface area contributed by atoms with Gasteiger partial charge in [-0.15, -0.1) is 0 Å². The van der Waals surface area contributed by atoms with E-state index in [-0.39, 0.29) is 0 Å². The van der Waals surface area contributed by atoms with Crippen LogP contribution in [0.25, 0.3) is 0 Å². The Bertz CT molecular complexity index is 529. The van der Waals surface area contributed by atoms with E-state index in [9.17, 15) is 4.79 Å². The molecule has 0 bridgehead atoms. The molecule has 3 rings (SSSR count). The molecule has 1 saturated carbocycles. The quantitative estimate of drug-likeness (QED) is 0.808. The fourth-order valence-electron chi connectivity index (χ4n) is 4.19. The fraction of sp³-hybridized carbons (Fsp3) is 0.778. The molecule has 1 aromatic heterocycles. The van der Waals surface area contributed by atoms with Crippen LogP contribution in [0.1, 0.15) is 49.1 Å². The first-order chi connectivity index (χ1) is 11.0. The summed E-state index contributed by atoms with van der Waals surface area (Å²) in [6, 6.07) is 0.528. The second-order valence-electron chi connectivity index (χ2n) is 7.37. The highest BCUT2D eigenvalue weighted by molar-refractivity contribution is 5.79. The van der Waals surface area contributed by atoms with Crippen molar-refractivity contribution in [3.05, 3.63) is 17.0 Å². The van der Waals surface area contributed by atoms with Gasteiger partial charge in [-0.2, -0.15) is 0 Å². The summed E-state index contributed by atoms with van der Waals surface area (Å²) in [4.78, 5) is 16.8. The average Bonchev–Trinajstić information content (AvgIpc) is 3.20. The van der Waals surface area contributed by atoms with Crippen molar-refractivity contribution in [3.8, 4) is 0 Å². The van der Waals surface area contributed by atoms with Crippen LogP contribution in [0.4, 0.5) is 0 Å². The summed E-state index contributed by atoms with van der Waals surface area (Å²) in [6.07, 6.45) is 6.68. The molecule has 1 unspecified atom stereocenters. The second-order valence-corrected chi connectivity index (χ2v) is 7.37. The number of amides is 1. The SMILES string of the molecule is Cc1noc(C)c1CCN(C)CC1CC(=O)N(C2CCCC2)C1. The summed E-state index contributed by atoms with van der Waals surface area (Å²) in [7, 11) is 2.15. The van der Waals surface area contributed by atoms with E-state index in [4.69, 9.17) is 4.52 Å². The van der Waals surface area contributed by atoms with E-state index in [2.05, 4.69) is 22.0 Å². The van der Waals surface area contributed by atoms with Crippen molar-refractivity contribution in [2.24, 2.45) is 5.92 Å². The molecule has 2 aliphatic rings. The van der Waals surface area contributed by atoms with Crippen molar-refractivity contribution >= 4 is 5.91 Å². The number of likely N-dealkylation sites (N-methyl/N-ethyl adjacent to an activating group) is 1. The van der Waals surface area contributed by atoms with Gasteiger partial charge in [0.25, 0.3) is 0 Å². The Morgan fingerprint density at radius 2 is 2.04 bits per heavy atom. The van der Waals surface area contributed by atoms with Gasteiger partial charge in [0.2, 0.25) is 5.91 Å². The summed E-state index contributed by atoms with van der Waals surface area (Å²) in [5.41, 5.74) is 2.23. The number of likely N-dealkylation sites (tertiary alicyclic amines) is 1. The number of rotatable bonds is 6. The summed E-state index contributed by atoms with van der Waals surface area (Å²) < 4.78 is 5.23. The van der Waals surface area contributed by atoms with Crippen LogP contribution in [0, 0.1) is 19.8 Å². The average molecular weight is 319 g/mol. The number of hydrogen-bond acceptors (Lipinski definition) is 4. The maximum Gasteiger partial charge on any atom is 0.223 e. The molecule has 0 N–H and O–H groups in total. The summed E-state index contributed by atoms with van der Waals surface area (Å²) in [5, 5.41) is 4.02. The van der Waals surface area contributed by atoms with Crippen molar-refractivity contribution in [2.75, 3.05) is 26.7 Å². The molecule has 1 aromatic rings. The van der Waals surface area contributed by atoms with Gasteiger partial charge >= 0.3 is 0 Å². The first-order valence-electron chi connectivity index (χ1n) is 8.94. The van der Waals surface area contributed by atoms with Crippen molar-refractivity contribution in [1.82, 2.24) is 15.0 Å². The summed E-state index contributed by atoms with van der Waals surface area (Å²) in [6.45, 7) is 6.92. The van der Waals surface area contributed by atoms with E-state index in [1.807, 2.05) is 13.8 Å². The second kappa shape index (κ2) is 7.04. The number of hydrogen-bond donors (Lipinski definition) is 0. The lowest BCUT2D eigenvalue weighted by molar-refractivity contribution is -0.129. The van der Waals surface area contributed by atoms with Crippen LogP contribution in [0.2, 0.25) is 0 Å². The lowest BCUT2D eigenvalue weighted by Gasteiger charge is -2.25. The minimum absolute atomic E-state index is 0.376. The van der Waals surface area contributed by atoms with Gasteiger partial charge < -0.3 is 14.3 Å². The highest BCUT2D eigenvalue weighted by atomic mass is 16.5. The van der Waals surface area contributed by atoms with Crippen LogP contribution in [0.3, 0.4) is 0 Å². The Balaban J connectivity index is 1.47. The maximum atomic E-state index is 12.3. The molecule has 23 heavy (non-hydrogen) atoms. The zero-order chi connectivity index (χ0) is 16.4. The maximum absolute atomic E-state index is 12.3. The minimum Gasteiger partial charge on any atom is -0.361 e. The third kappa shape index (κ3) is 3.77. The smallest absolute Gasteiger partial charge is 0.223 e. The number of nitrogens with zero attached hydrogens (tertiary/aromatic N) is 3. The lowest BCUT2D eigenvalue weighted by Crippen LogP contribution is -2.35. The predicted molar refractivity (Wildman–Crippen MR) is 89.3 cm³/mol. The van der Waals surface area contributed by atoms with Crippen LogP contribution >= 0.6 is 0 Å². The molecule has 1 aliphatic carbocycles. The fourth-order valence-corrected chi connectivity index (χ4v) is 4.19. The highest BCUT2D eigenvalue weighted by Gasteiger charge is 2.35. The molecular weight excluding hydrogens is 290 g/mol. The zero-order valence-electron chi connectivity index (χ0n) is 14.7. The third-order valence-corrected chi connectivity index (χ3v) is 5.50. The molecule has 2 fully saturated rings. The van der Waals surface area contributed by atoms with E-state index >= 15 is 0 Å². The van der Waals surface area contributed by atoms with Crippen molar-refractivity contribution in [2.45, 2.75) is 58.4 Å². The van der Waals surface area contributed by atoms with Crippen LogP contribution in [-0.2, 0) is 11.2 Å². The molecule has 1 atom stereocenters. The van der Waals surface area contributed by atoms with Crippen LogP contribution in [0.5, 0.6) is 0 Å². The van der Waals surface area contributed by atoms with E-state index in [1.54, 1.807) is 0 Å². The topological polar surface area (TPSA) is 49.6 Å². The zero-order valence-corrected chi connectivity index (χ0v) is 14.7. The Labute approximate surface area is 139 Å². The van der Waals surface area contributed by atoms with Crippen molar-refractivity contribution < 1.29 is 9.32 Å². The normalized spacial score (nSPS) is 22.7. The standard InChI is InChI=1S/C18H29N3O2/c1-13-17(14(2)23-19-13)8-9-20(3)11-15-10-18(22)21(12-15)16-6-4-5-7-16/h15-16H,4-12H2,1-3H3. The molecule has 5 heteroatoms. The van der Waals surface area contributed by atoms with E-state index in [0.717, 1.165) is 43.9 Å². The Hall–Kier alpha value is -1.36. The lowest BCUT2D eigenvalue weighted by atomic mass is 10.1. The number of carbonyl (C=O) groups is 1. The first kappa shape index (κ1) is 16.5. The van der Waals surface area contributed by atoms with Crippen LogP contribution < -0.4 is 0 Å². The third-order valence-electron chi connectivity index (χ3n) is 5.50. The van der Waals surface area contributed by atoms with Gasteiger partial charge in [0.15, 0.2) is 0 Å². The van der Waals surface area contributed by atoms with Crippen molar-refractivity contribution in [1.29, 1.82) is 0 Å². The van der Waals surface area contributed by atoms with Gasteiger partial charge in [0, 0.05) is 37.7 Å². The summed E-state index contributed by atoms with van der Waals surface area (Å²) in [5.74, 6) is 1.79. The Morgan fingerprint density at radius 3 is 2.70 bits per heavy atom. The molecule has 1 aliphatic heterocycles. The van der Waals surface area contributed by atoms with Crippen LogP contribution in [0.15, 0.2) is 4.52 Å². The highest BCUT2D eigenvalue weighted by Crippen LogP contribution is 2.29. The molecule has 128 valence electrons. The monoisotopic (exact) mass is 319 g/mol. The molecule has 0 aromatic carbocycles. The molecule has 5 nitrogen and oxygen atoms in total. The predicted octanol–water partition coefficient (Wildman–Crippen LogP) is 2.56. The molecule has 1 amide bonds. The van der Waals surface area contributed by atoms with Gasteiger partial charge in [-0.25, -0.2) is 0 Å². The largest absolute Gasteiger partial charge is 0.361 e. The van der Waals surface area contributed by atoms with E-state index in [1.165, 1.54) is 31.2 Å².